The molecule has 4 heteroatoms. The number of fused-ring (bicyclic) bond motifs is 1. The number of rotatable bonds is 5. The molecule has 2 rings (SSSR count). The van der Waals surface area contributed by atoms with Crippen LogP contribution in [0.1, 0.15) is 37.8 Å². The van der Waals surface area contributed by atoms with E-state index in [1.54, 1.807) is 0 Å². The predicted octanol–water partition coefficient (Wildman–Crippen LogP) is 2.61. The lowest BCUT2D eigenvalue weighted by Crippen LogP contribution is -2.17. The Hall–Kier alpha value is -1.84. The van der Waals surface area contributed by atoms with E-state index in [0.717, 1.165) is 29.7 Å². The molecule has 0 atom stereocenters. The maximum Gasteiger partial charge on any atom is 0.303 e. The van der Waals surface area contributed by atoms with Crippen molar-refractivity contribution in [3.63, 3.8) is 0 Å². The van der Waals surface area contributed by atoms with E-state index in [1.807, 2.05) is 32.0 Å². The summed E-state index contributed by atoms with van der Waals surface area (Å²) in [5.41, 5.74) is 2.89. The van der Waals surface area contributed by atoms with Crippen molar-refractivity contribution >= 4 is 17.6 Å². The van der Waals surface area contributed by atoms with Gasteiger partial charge in [0.25, 0.3) is 0 Å². The van der Waals surface area contributed by atoms with Crippen molar-refractivity contribution in [1.29, 1.82) is 0 Å². The number of nitrogens with one attached hydrogen (secondary N) is 1. The average molecular weight is 261 g/mol. The van der Waals surface area contributed by atoms with Gasteiger partial charge in [0.05, 0.1) is 12.8 Å². The number of carbonyl (C=O) groups excluding carboxylic acids is 1. The summed E-state index contributed by atoms with van der Waals surface area (Å²) in [4.78, 5) is 22.0. The van der Waals surface area contributed by atoms with Gasteiger partial charge in [0, 0.05) is 5.69 Å². The smallest absolute Gasteiger partial charge is 0.303 e. The zero-order chi connectivity index (χ0) is 14.0. The molecule has 1 aromatic rings. The number of aryl methyl sites for hydroxylation is 1. The first-order chi connectivity index (χ1) is 8.85. The molecule has 1 heterocycles. The number of hydrogen-bond acceptors (Lipinski definition) is 2. The van der Waals surface area contributed by atoms with Gasteiger partial charge in [0.15, 0.2) is 0 Å². The Morgan fingerprint density at radius 1 is 1.42 bits per heavy atom. The Morgan fingerprint density at radius 3 is 2.84 bits per heavy atom. The quantitative estimate of drug-likeness (QED) is 0.856. The molecule has 1 aromatic carbocycles. The van der Waals surface area contributed by atoms with Crippen LogP contribution in [0.3, 0.4) is 0 Å². The van der Waals surface area contributed by atoms with Crippen LogP contribution in [0.15, 0.2) is 18.2 Å². The molecule has 0 unspecified atom stereocenters. The van der Waals surface area contributed by atoms with Crippen LogP contribution >= 0.6 is 0 Å². The summed E-state index contributed by atoms with van der Waals surface area (Å²) in [5.74, 6) is -0.716. The molecule has 1 aliphatic heterocycles. The van der Waals surface area contributed by atoms with E-state index >= 15 is 0 Å². The molecular formula is C15H19NO3. The van der Waals surface area contributed by atoms with E-state index < -0.39 is 5.97 Å². The molecular weight excluding hydrogens is 242 g/mol. The summed E-state index contributed by atoms with van der Waals surface area (Å²) in [7, 11) is 0. The summed E-state index contributed by atoms with van der Waals surface area (Å²) in [6.07, 6.45) is 2.28. The number of aliphatic carboxylic acids is 1. The zero-order valence-electron chi connectivity index (χ0n) is 11.3. The van der Waals surface area contributed by atoms with Crippen molar-refractivity contribution in [1.82, 2.24) is 0 Å². The molecule has 0 saturated carbocycles. The molecule has 0 radical (unpaired) electrons. The lowest BCUT2D eigenvalue weighted by Gasteiger charge is -2.22. The summed E-state index contributed by atoms with van der Waals surface area (Å²) in [6, 6.07) is 5.98. The van der Waals surface area contributed by atoms with Crippen LogP contribution in [0.4, 0.5) is 5.69 Å². The van der Waals surface area contributed by atoms with Crippen LogP contribution in [0.25, 0.3) is 0 Å². The van der Waals surface area contributed by atoms with Gasteiger partial charge in [-0.25, -0.2) is 0 Å². The molecule has 0 aromatic heterocycles. The normalized spacial score (nSPS) is 14.1. The number of carboxylic acids is 1. The van der Waals surface area contributed by atoms with Gasteiger partial charge in [-0.15, -0.1) is 0 Å². The van der Waals surface area contributed by atoms with Gasteiger partial charge in [0.2, 0.25) is 5.91 Å². The van der Waals surface area contributed by atoms with Crippen LogP contribution in [0.5, 0.6) is 0 Å². The zero-order valence-corrected chi connectivity index (χ0v) is 11.3. The van der Waals surface area contributed by atoms with E-state index in [0.29, 0.717) is 6.42 Å². The molecule has 1 aliphatic rings. The number of carbonyl (C=O) groups is 2. The van der Waals surface area contributed by atoms with Gasteiger partial charge < -0.3 is 10.4 Å². The van der Waals surface area contributed by atoms with Gasteiger partial charge in [-0.3, -0.25) is 9.59 Å². The van der Waals surface area contributed by atoms with Crippen LogP contribution < -0.4 is 5.32 Å². The van der Waals surface area contributed by atoms with E-state index in [1.165, 1.54) is 0 Å². The van der Waals surface area contributed by atoms with Crippen molar-refractivity contribution in [3.05, 3.63) is 29.3 Å². The summed E-state index contributed by atoms with van der Waals surface area (Å²) in [5, 5.41) is 11.7. The second-order valence-electron chi connectivity index (χ2n) is 5.95. The highest BCUT2D eigenvalue weighted by molar-refractivity contribution is 5.99. The number of anilines is 1. The highest BCUT2D eigenvalue weighted by Crippen LogP contribution is 2.29. The molecule has 0 spiro atoms. The minimum atomic E-state index is -0.756. The Balaban J connectivity index is 1.99. The summed E-state index contributed by atoms with van der Waals surface area (Å²) < 4.78 is 0. The minimum Gasteiger partial charge on any atom is -0.481 e. The third-order valence-electron chi connectivity index (χ3n) is 3.51. The van der Waals surface area contributed by atoms with Crippen molar-refractivity contribution in [2.45, 2.75) is 39.5 Å². The van der Waals surface area contributed by atoms with Gasteiger partial charge in [-0.05, 0) is 35.4 Å². The van der Waals surface area contributed by atoms with Crippen molar-refractivity contribution in [3.8, 4) is 0 Å². The lowest BCUT2D eigenvalue weighted by atomic mass is 9.83. The Morgan fingerprint density at radius 2 is 2.16 bits per heavy atom. The monoisotopic (exact) mass is 261 g/mol. The highest BCUT2D eigenvalue weighted by Gasteiger charge is 2.22. The average Bonchev–Trinajstić information content (AvgIpc) is 2.64. The first-order valence-corrected chi connectivity index (χ1v) is 6.49. The minimum absolute atomic E-state index is 0.0401. The van der Waals surface area contributed by atoms with Crippen molar-refractivity contribution < 1.29 is 14.7 Å². The molecule has 0 aliphatic carbocycles. The maximum absolute atomic E-state index is 11.3. The number of carboxylic acid groups (broad SMARTS) is 1. The molecule has 19 heavy (non-hydrogen) atoms. The fourth-order valence-corrected chi connectivity index (χ4v) is 2.42. The van der Waals surface area contributed by atoms with E-state index in [2.05, 4.69) is 5.32 Å². The third kappa shape index (κ3) is 3.56. The van der Waals surface area contributed by atoms with Crippen LogP contribution in [-0.2, 0) is 22.4 Å². The molecule has 2 N–H and O–H groups in total. The highest BCUT2D eigenvalue weighted by atomic mass is 16.4. The standard InChI is InChI=1S/C15H19NO3/c1-15(2,9-14(18)19)6-5-10-3-4-12-11(7-10)8-13(17)16-12/h3-4,7H,5-6,8-9H2,1-2H3,(H,16,17)(H,18,19). The van der Waals surface area contributed by atoms with Gasteiger partial charge in [0.1, 0.15) is 0 Å². The largest absolute Gasteiger partial charge is 0.481 e. The first kappa shape index (κ1) is 13.6. The SMILES string of the molecule is CC(C)(CCc1ccc2c(c1)CC(=O)N2)CC(=O)O. The fourth-order valence-electron chi connectivity index (χ4n) is 2.42. The number of benzene rings is 1. The van der Waals surface area contributed by atoms with Crippen molar-refractivity contribution in [2.24, 2.45) is 5.41 Å². The molecule has 0 fully saturated rings. The fraction of sp³-hybridized carbons (Fsp3) is 0.467. The number of hydrogen-bond donors (Lipinski definition) is 2. The molecule has 1 amide bonds. The Kier molecular flexibility index (Phi) is 3.60. The molecule has 102 valence electrons. The molecule has 4 nitrogen and oxygen atoms in total. The topological polar surface area (TPSA) is 66.4 Å². The molecule has 0 saturated heterocycles. The van der Waals surface area contributed by atoms with Crippen molar-refractivity contribution in [2.75, 3.05) is 5.32 Å². The summed E-state index contributed by atoms with van der Waals surface area (Å²) in [6.45, 7) is 3.94. The van der Waals surface area contributed by atoms with Gasteiger partial charge in [-0.1, -0.05) is 26.0 Å². The maximum atomic E-state index is 11.3. The van der Waals surface area contributed by atoms with E-state index in [9.17, 15) is 9.59 Å². The van der Waals surface area contributed by atoms with Crippen LogP contribution in [-0.4, -0.2) is 17.0 Å². The summed E-state index contributed by atoms with van der Waals surface area (Å²) >= 11 is 0. The number of amides is 1. The van der Waals surface area contributed by atoms with Crippen LogP contribution in [0.2, 0.25) is 0 Å². The predicted molar refractivity (Wildman–Crippen MR) is 73.1 cm³/mol. The van der Waals surface area contributed by atoms with Gasteiger partial charge >= 0.3 is 5.97 Å². The second kappa shape index (κ2) is 5.03. The Bertz CT molecular complexity index is 520. The first-order valence-electron chi connectivity index (χ1n) is 6.49. The Labute approximate surface area is 112 Å². The van der Waals surface area contributed by atoms with Gasteiger partial charge in [-0.2, -0.15) is 0 Å². The third-order valence-corrected chi connectivity index (χ3v) is 3.51. The second-order valence-corrected chi connectivity index (χ2v) is 5.95. The lowest BCUT2D eigenvalue weighted by molar-refractivity contribution is -0.139. The van der Waals surface area contributed by atoms with Crippen LogP contribution in [0, 0.1) is 5.41 Å². The van der Waals surface area contributed by atoms with E-state index in [4.69, 9.17) is 5.11 Å². The van der Waals surface area contributed by atoms with E-state index in [-0.39, 0.29) is 17.7 Å². The molecule has 0 bridgehead atoms.